The van der Waals surface area contributed by atoms with E-state index < -0.39 is 5.97 Å². The summed E-state index contributed by atoms with van der Waals surface area (Å²) in [5.74, 6) is -0.652. The van der Waals surface area contributed by atoms with Crippen molar-refractivity contribution >= 4 is 17.6 Å². The van der Waals surface area contributed by atoms with Crippen LogP contribution in [0.4, 0.5) is 11.6 Å². The van der Waals surface area contributed by atoms with Crippen LogP contribution in [-0.2, 0) is 0 Å². The molecule has 6 nitrogen and oxygen atoms in total. The molecule has 0 radical (unpaired) electrons. The fraction of sp³-hybridized carbons (Fsp3) is 0.154. The molecule has 0 saturated carbocycles. The second kappa shape index (κ2) is 4.93. The van der Waals surface area contributed by atoms with Crippen LogP contribution in [0.1, 0.15) is 21.6 Å². The summed E-state index contributed by atoms with van der Waals surface area (Å²) < 4.78 is 0. The maximum Gasteiger partial charge on any atom is 0.335 e. The highest BCUT2D eigenvalue weighted by molar-refractivity contribution is 5.88. The number of hydrogen-bond acceptors (Lipinski definition) is 4. The van der Waals surface area contributed by atoms with Gasteiger partial charge in [-0.15, -0.1) is 0 Å². The number of aromatic nitrogens is 2. The molecule has 1 aromatic carbocycles. The average molecular weight is 259 g/mol. The molecule has 2 rings (SSSR count). The smallest absolute Gasteiger partial charge is 0.335 e. The maximum absolute atomic E-state index is 11.6. The molecule has 0 atom stereocenters. The van der Waals surface area contributed by atoms with Crippen molar-refractivity contribution < 1.29 is 9.90 Å². The molecule has 0 fully saturated rings. The fourth-order valence-electron chi connectivity index (χ4n) is 1.54. The number of anilines is 2. The molecule has 0 saturated heterocycles. The molecule has 1 aromatic heterocycles. The van der Waals surface area contributed by atoms with Gasteiger partial charge in [-0.25, -0.2) is 9.78 Å². The van der Waals surface area contributed by atoms with Crippen LogP contribution in [0.25, 0.3) is 0 Å². The molecule has 0 aliphatic carbocycles. The van der Waals surface area contributed by atoms with Crippen molar-refractivity contribution in [2.75, 3.05) is 5.32 Å². The number of nitrogens with one attached hydrogen (secondary N) is 2. The molecule has 0 amide bonds. The first-order valence-electron chi connectivity index (χ1n) is 5.65. The van der Waals surface area contributed by atoms with Crippen molar-refractivity contribution in [2.24, 2.45) is 0 Å². The van der Waals surface area contributed by atoms with Gasteiger partial charge in [-0.05, 0) is 38.1 Å². The monoisotopic (exact) mass is 259 g/mol. The standard InChI is InChI=1S/C13H13N3O3/c1-7-8(2)14-13(16-11(7)17)15-10-5-3-9(4-6-10)12(18)19/h3-6H,1-2H3,(H,18,19)(H2,14,15,16,17). The Morgan fingerprint density at radius 2 is 1.89 bits per heavy atom. The number of carbonyl (C=O) groups is 1. The Bertz CT molecular complexity index is 675. The van der Waals surface area contributed by atoms with Gasteiger partial charge in [0.2, 0.25) is 5.95 Å². The minimum absolute atomic E-state index is 0.197. The van der Waals surface area contributed by atoms with Crippen LogP contribution in [0.2, 0.25) is 0 Å². The second-order valence-corrected chi connectivity index (χ2v) is 4.13. The van der Waals surface area contributed by atoms with Gasteiger partial charge in [0.15, 0.2) is 0 Å². The predicted octanol–water partition coefficient (Wildman–Crippen LogP) is 1.83. The van der Waals surface area contributed by atoms with E-state index in [0.717, 1.165) is 0 Å². The SMILES string of the molecule is Cc1nc(Nc2ccc(C(=O)O)cc2)[nH]c(=O)c1C. The van der Waals surface area contributed by atoms with Gasteiger partial charge in [-0.1, -0.05) is 0 Å². The van der Waals surface area contributed by atoms with Crippen molar-refractivity contribution in [2.45, 2.75) is 13.8 Å². The highest BCUT2D eigenvalue weighted by atomic mass is 16.4. The Morgan fingerprint density at radius 1 is 1.26 bits per heavy atom. The molecule has 98 valence electrons. The lowest BCUT2D eigenvalue weighted by Crippen LogP contribution is -2.15. The number of aromatic amines is 1. The van der Waals surface area contributed by atoms with Crippen LogP contribution in [0.3, 0.4) is 0 Å². The Balaban J connectivity index is 2.26. The minimum atomic E-state index is -0.982. The molecule has 0 aliphatic rings. The van der Waals surface area contributed by atoms with E-state index >= 15 is 0 Å². The van der Waals surface area contributed by atoms with Gasteiger partial charge in [-0.2, -0.15) is 0 Å². The van der Waals surface area contributed by atoms with E-state index in [0.29, 0.717) is 22.9 Å². The highest BCUT2D eigenvalue weighted by Crippen LogP contribution is 2.13. The maximum atomic E-state index is 11.6. The van der Waals surface area contributed by atoms with Gasteiger partial charge in [0.25, 0.3) is 5.56 Å². The van der Waals surface area contributed by atoms with Crippen molar-refractivity contribution in [3.05, 3.63) is 51.4 Å². The van der Waals surface area contributed by atoms with E-state index in [1.54, 1.807) is 26.0 Å². The first kappa shape index (κ1) is 12.8. The van der Waals surface area contributed by atoms with Crippen molar-refractivity contribution in [3.8, 4) is 0 Å². The van der Waals surface area contributed by atoms with Gasteiger partial charge in [0, 0.05) is 16.9 Å². The van der Waals surface area contributed by atoms with Crippen molar-refractivity contribution in [1.29, 1.82) is 0 Å². The van der Waals surface area contributed by atoms with Gasteiger partial charge >= 0.3 is 5.97 Å². The Kier molecular flexibility index (Phi) is 3.33. The van der Waals surface area contributed by atoms with Crippen LogP contribution in [0, 0.1) is 13.8 Å². The summed E-state index contributed by atoms with van der Waals surface area (Å²) in [6, 6.07) is 6.17. The van der Waals surface area contributed by atoms with E-state index in [4.69, 9.17) is 5.11 Å². The zero-order valence-electron chi connectivity index (χ0n) is 10.5. The predicted molar refractivity (Wildman–Crippen MR) is 71.0 cm³/mol. The van der Waals surface area contributed by atoms with Crippen LogP contribution in [0.15, 0.2) is 29.1 Å². The summed E-state index contributed by atoms with van der Waals surface area (Å²) in [6.07, 6.45) is 0. The molecule has 0 spiro atoms. The number of rotatable bonds is 3. The van der Waals surface area contributed by atoms with Gasteiger partial charge in [0.05, 0.1) is 5.56 Å². The molecule has 0 aliphatic heterocycles. The number of nitrogens with zero attached hydrogens (tertiary/aromatic N) is 1. The minimum Gasteiger partial charge on any atom is -0.478 e. The summed E-state index contributed by atoms with van der Waals surface area (Å²) >= 11 is 0. The van der Waals surface area contributed by atoms with Crippen LogP contribution in [0.5, 0.6) is 0 Å². The number of benzene rings is 1. The summed E-state index contributed by atoms with van der Waals surface area (Å²) in [5, 5.41) is 11.7. The van der Waals surface area contributed by atoms with E-state index in [1.807, 2.05) is 0 Å². The van der Waals surface area contributed by atoms with E-state index in [-0.39, 0.29) is 11.1 Å². The number of carboxylic acids is 1. The highest BCUT2D eigenvalue weighted by Gasteiger charge is 2.05. The lowest BCUT2D eigenvalue weighted by molar-refractivity contribution is 0.0697. The third-order valence-electron chi connectivity index (χ3n) is 2.79. The molecule has 2 aromatic rings. The summed E-state index contributed by atoms with van der Waals surface area (Å²) in [5.41, 5.74) is 1.88. The van der Waals surface area contributed by atoms with Crippen molar-refractivity contribution in [3.63, 3.8) is 0 Å². The Morgan fingerprint density at radius 3 is 2.42 bits per heavy atom. The quantitative estimate of drug-likeness (QED) is 0.781. The number of hydrogen-bond donors (Lipinski definition) is 3. The second-order valence-electron chi connectivity index (χ2n) is 4.13. The number of H-pyrrole nitrogens is 1. The number of carboxylic acid groups (broad SMARTS) is 1. The van der Waals surface area contributed by atoms with Crippen LogP contribution < -0.4 is 10.9 Å². The molecule has 3 N–H and O–H groups in total. The summed E-state index contributed by atoms with van der Waals surface area (Å²) in [6.45, 7) is 3.45. The van der Waals surface area contributed by atoms with E-state index in [1.165, 1.54) is 12.1 Å². The first-order valence-corrected chi connectivity index (χ1v) is 5.65. The molecule has 6 heteroatoms. The number of aromatic carboxylic acids is 1. The van der Waals surface area contributed by atoms with Crippen molar-refractivity contribution in [1.82, 2.24) is 9.97 Å². The summed E-state index contributed by atoms with van der Waals surface area (Å²) in [4.78, 5) is 29.1. The molecular weight excluding hydrogens is 246 g/mol. The zero-order valence-corrected chi connectivity index (χ0v) is 10.5. The van der Waals surface area contributed by atoms with Crippen LogP contribution in [-0.4, -0.2) is 21.0 Å². The molecule has 0 bridgehead atoms. The first-order chi connectivity index (χ1) is 8.97. The molecule has 0 unspecified atom stereocenters. The topological polar surface area (TPSA) is 95.1 Å². The summed E-state index contributed by atoms with van der Waals surface area (Å²) in [7, 11) is 0. The third-order valence-corrected chi connectivity index (χ3v) is 2.79. The molecule has 1 heterocycles. The van der Waals surface area contributed by atoms with E-state index in [2.05, 4.69) is 15.3 Å². The average Bonchev–Trinajstić information content (AvgIpc) is 2.36. The zero-order chi connectivity index (χ0) is 14.0. The van der Waals surface area contributed by atoms with E-state index in [9.17, 15) is 9.59 Å². The lowest BCUT2D eigenvalue weighted by atomic mass is 10.2. The third kappa shape index (κ3) is 2.79. The fourth-order valence-corrected chi connectivity index (χ4v) is 1.54. The van der Waals surface area contributed by atoms with Gasteiger partial charge < -0.3 is 10.4 Å². The lowest BCUT2D eigenvalue weighted by Gasteiger charge is -2.07. The largest absolute Gasteiger partial charge is 0.478 e. The molecule has 19 heavy (non-hydrogen) atoms. The van der Waals surface area contributed by atoms with Crippen LogP contribution >= 0.6 is 0 Å². The normalized spacial score (nSPS) is 10.2. The number of aryl methyl sites for hydroxylation is 1. The van der Waals surface area contributed by atoms with Gasteiger partial charge in [-0.3, -0.25) is 9.78 Å². The molecular formula is C13H13N3O3. The Hall–Kier alpha value is -2.63. The Labute approximate surface area is 109 Å². The van der Waals surface area contributed by atoms with Gasteiger partial charge in [0.1, 0.15) is 0 Å².